The zero-order chi connectivity index (χ0) is 15.2. The van der Waals surface area contributed by atoms with Gasteiger partial charge in [0, 0.05) is 6.08 Å². The quantitative estimate of drug-likeness (QED) is 0.728. The van der Waals surface area contributed by atoms with E-state index in [-0.39, 0.29) is 11.9 Å². The van der Waals surface area contributed by atoms with Gasteiger partial charge in [0.25, 0.3) is 0 Å². The maximum absolute atomic E-state index is 12.1. The Kier molecular flexibility index (Phi) is 4.20. The van der Waals surface area contributed by atoms with Crippen molar-refractivity contribution in [3.63, 3.8) is 0 Å². The SMILES string of the molecule is O=C(/C=C/c1ccco1)NC(c1ccccc1)c1ccco1. The van der Waals surface area contributed by atoms with Crippen LogP contribution < -0.4 is 5.32 Å². The second-order valence-electron chi connectivity index (χ2n) is 4.72. The van der Waals surface area contributed by atoms with E-state index >= 15 is 0 Å². The molecule has 1 unspecified atom stereocenters. The highest BCUT2D eigenvalue weighted by molar-refractivity contribution is 5.91. The summed E-state index contributed by atoms with van der Waals surface area (Å²) in [6.45, 7) is 0. The fourth-order valence-electron chi connectivity index (χ4n) is 2.15. The van der Waals surface area contributed by atoms with Crippen molar-refractivity contribution in [1.29, 1.82) is 0 Å². The first kappa shape index (κ1) is 13.9. The maximum atomic E-state index is 12.1. The molecule has 0 aliphatic carbocycles. The standard InChI is InChI=1S/C18H15NO3/c20-17(11-10-15-8-4-12-21-15)19-18(16-9-5-13-22-16)14-6-2-1-3-7-14/h1-13,18H,(H,19,20)/b11-10+. The summed E-state index contributed by atoms with van der Waals surface area (Å²) in [7, 11) is 0. The highest BCUT2D eigenvalue weighted by Crippen LogP contribution is 2.22. The number of amides is 1. The molecule has 110 valence electrons. The summed E-state index contributed by atoms with van der Waals surface area (Å²) in [6, 6.07) is 16.5. The molecular formula is C18H15NO3. The lowest BCUT2D eigenvalue weighted by Gasteiger charge is -2.16. The summed E-state index contributed by atoms with van der Waals surface area (Å²) in [5.41, 5.74) is 0.956. The van der Waals surface area contributed by atoms with Crippen LogP contribution in [0.5, 0.6) is 0 Å². The molecule has 1 N–H and O–H groups in total. The summed E-state index contributed by atoms with van der Waals surface area (Å²) in [4.78, 5) is 12.1. The molecule has 1 aromatic carbocycles. The molecule has 1 amide bonds. The molecule has 0 bridgehead atoms. The minimum Gasteiger partial charge on any atom is -0.467 e. The average molecular weight is 293 g/mol. The van der Waals surface area contributed by atoms with Gasteiger partial charge in [-0.1, -0.05) is 30.3 Å². The number of nitrogens with one attached hydrogen (secondary N) is 1. The van der Waals surface area contributed by atoms with Gasteiger partial charge >= 0.3 is 0 Å². The van der Waals surface area contributed by atoms with Crippen molar-refractivity contribution in [3.05, 3.63) is 90.3 Å². The van der Waals surface area contributed by atoms with Gasteiger partial charge in [-0.2, -0.15) is 0 Å². The molecule has 0 aliphatic heterocycles. The van der Waals surface area contributed by atoms with Gasteiger partial charge in [0.2, 0.25) is 5.91 Å². The number of hydrogen-bond acceptors (Lipinski definition) is 3. The van der Waals surface area contributed by atoms with Gasteiger partial charge in [-0.15, -0.1) is 0 Å². The minimum atomic E-state index is -0.329. The van der Waals surface area contributed by atoms with Crippen LogP contribution in [0.1, 0.15) is 23.1 Å². The van der Waals surface area contributed by atoms with Crippen LogP contribution in [0, 0.1) is 0 Å². The van der Waals surface area contributed by atoms with Crippen molar-refractivity contribution in [1.82, 2.24) is 5.32 Å². The van der Waals surface area contributed by atoms with Gasteiger partial charge < -0.3 is 14.2 Å². The number of furan rings is 2. The minimum absolute atomic E-state index is 0.221. The van der Waals surface area contributed by atoms with Gasteiger partial charge in [0.05, 0.1) is 12.5 Å². The normalized spacial score (nSPS) is 12.4. The van der Waals surface area contributed by atoms with E-state index in [0.717, 1.165) is 5.56 Å². The van der Waals surface area contributed by atoms with Crippen LogP contribution in [-0.4, -0.2) is 5.91 Å². The zero-order valence-corrected chi connectivity index (χ0v) is 11.8. The van der Waals surface area contributed by atoms with Gasteiger partial charge in [0.15, 0.2) is 0 Å². The highest BCUT2D eigenvalue weighted by Gasteiger charge is 2.18. The molecule has 0 aliphatic rings. The maximum Gasteiger partial charge on any atom is 0.244 e. The van der Waals surface area contributed by atoms with E-state index in [1.807, 2.05) is 36.4 Å². The molecule has 4 nitrogen and oxygen atoms in total. The van der Waals surface area contributed by atoms with Crippen LogP contribution in [0.3, 0.4) is 0 Å². The van der Waals surface area contributed by atoms with Crippen LogP contribution in [0.15, 0.2) is 82.0 Å². The van der Waals surface area contributed by atoms with E-state index < -0.39 is 0 Å². The van der Waals surface area contributed by atoms with E-state index in [0.29, 0.717) is 11.5 Å². The average Bonchev–Trinajstić information content (AvgIpc) is 3.25. The van der Waals surface area contributed by atoms with E-state index in [4.69, 9.17) is 8.83 Å². The Morgan fingerprint density at radius 1 is 0.955 bits per heavy atom. The number of hydrogen-bond donors (Lipinski definition) is 1. The molecule has 2 heterocycles. The third-order valence-corrected chi connectivity index (χ3v) is 3.19. The summed E-state index contributed by atoms with van der Waals surface area (Å²) in [5, 5.41) is 2.94. The lowest BCUT2D eigenvalue weighted by atomic mass is 10.0. The second-order valence-corrected chi connectivity index (χ2v) is 4.72. The third kappa shape index (κ3) is 3.35. The van der Waals surface area contributed by atoms with Crippen molar-refractivity contribution in [2.45, 2.75) is 6.04 Å². The van der Waals surface area contributed by atoms with Gasteiger partial charge in [-0.05, 0) is 35.9 Å². The Morgan fingerprint density at radius 3 is 2.41 bits per heavy atom. The molecule has 0 saturated heterocycles. The summed E-state index contributed by atoms with van der Waals surface area (Å²) in [5.74, 6) is 1.09. The van der Waals surface area contributed by atoms with Gasteiger partial charge in [0.1, 0.15) is 17.6 Å². The Balaban J connectivity index is 1.77. The lowest BCUT2D eigenvalue weighted by Crippen LogP contribution is -2.27. The van der Waals surface area contributed by atoms with E-state index in [1.54, 1.807) is 36.8 Å². The van der Waals surface area contributed by atoms with Gasteiger partial charge in [-0.25, -0.2) is 0 Å². The molecule has 1 atom stereocenters. The molecule has 0 radical (unpaired) electrons. The smallest absolute Gasteiger partial charge is 0.244 e. The Labute approximate surface area is 128 Å². The van der Waals surface area contributed by atoms with Crippen molar-refractivity contribution >= 4 is 12.0 Å². The van der Waals surface area contributed by atoms with E-state index in [1.165, 1.54) is 6.08 Å². The van der Waals surface area contributed by atoms with Crippen LogP contribution in [0.2, 0.25) is 0 Å². The molecule has 4 heteroatoms. The molecule has 22 heavy (non-hydrogen) atoms. The third-order valence-electron chi connectivity index (χ3n) is 3.19. The van der Waals surface area contributed by atoms with Crippen LogP contribution in [0.4, 0.5) is 0 Å². The molecule has 3 aromatic rings. The summed E-state index contributed by atoms with van der Waals surface area (Å²) in [6.07, 6.45) is 6.22. The Morgan fingerprint density at radius 2 is 1.73 bits per heavy atom. The molecule has 3 rings (SSSR count). The lowest BCUT2D eigenvalue weighted by molar-refractivity contribution is -0.117. The largest absolute Gasteiger partial charge is 0.467 e. The summed E-state index contributed by atoms with van der Waals surface area (Å²) < 4.78 is 10.6. The highest BCUT2D eigenvalue weighted by atomic mass is 16.3. The Hall–Kier alpha value is -3.01. The van der Waals surface area contributed by atoms with Crippen LogP contribution in [-0.2, 0) is 4.79 Å². The Bertz CT molecular complexity index is 728. The van der Waals surface area contributed by atoms with E-state index in [2.05, 4.69) is 5.32 Å². The van der Waals surface area contributed by atoms with Crippen molar-refractivity contribution < 1.29 is 13.6 Å². The second kappa shape index (κ2) is 6.63. The van der Waals surface area contributed by atoms with Crippen molar-refractivity contribution in [2.75, 3.05) is 0 Å². The number of benzene rings is 1. The molecule has 0 spiro atoms. The van der Waals surface area contributed by atoms with E-state index in [9.17, 15) is 4.79 Å². The first-order valence-corrected chi connectivity index (χ1v) is 6.93. The fraction of sp³-hybridized carbons (Fsp3) is 0.0556. The molecule has 0 saturated carbocycles. The monoisotopic (exact) mass is 293 g/mol. The molecule has 0 fully saturated rings. The first-order chi connectivity index (χ1) is 10.8. The number of rotatable bonds is 5. The summed E-state index contributed by atoms with van der Waals surface area (Å²) >= 11 is 0. The van der Waals surface area contributed by atoms with Crippen LogP contribution in [0.25, 0.3) is 6.08 Å². The first-order valence-electron chi connectivity index (χ1n) is 6.93. The van der Waals surface area contributed by atoms with Crippen molar-refractivity contribution in [3.8, 4) is 0 Å². The molecular weight excluding hydrogens is 278 g/mol. The van der Waals surface area contributed by atoms with Gasteiger partial charge in [-0.3, -0.25) is 4.79 Å². The predicted molar refractivity (Wildman–Crippen MR) is 82.9 cm³/mol. The zero-order valence-electron chi connectivity index (χ0n) is 11.8. The van der Waals surface area contributed by atoms with Crippen LogP contribution >= 0.6 is 0 Å². The topological polar surface area (TPSA) is 55.4 Å². The molecule has 2 aromatic heterocycles. The van der Waals surface area contributed by atoms with Crippen molar-refractivity contribution in [2.24, 2.45) is 0 Å². The number of carbonyl (C=O) groups is 1. The fourth-order valence-corrected chi connectivity index (χ4v) is 2.15. The predicted octanol–water partition coefficient (Wildman–Crippen LogP) is 3.79. The number of carbonyl (C=O) groups excluding carboxylic acids is 1.